The van der Waals surface area contributed by atoms with Crippen molar-refractivity contribution >= 4 is 22.7 Å². The van der Waals surface area contributed by atoms with Gasteiger partial charge in [0.1, 0.15) is 12.1 Å². The predicted octanol–water partition coefficient (Wildman–Crippen LogP) is 2.31. The highest BCUT2D eigenvalue weighted by Crippen LogP contribution is 2.27. The van der Waals surface area contributed by atoms with Gasteiger partial charge in [-0.2, -0.15) is 0 Å². The molecule has 0 spiro atoms. The Bertz CT molecular complexity index is 674. The summed E-state index contributed by atoms with van der Waals surface area (Å²) in [6.45, 7) is 0. The molecule has 0 bridgehead atoms. The number of ether oxygens (including phenoxy) is 1. The van der Waals surface area contributed by atoms with Crippen molar-refractivity contribution in [1.29, 1.82) is 0 Å². The van der Waals surface area contributed by atoms with E-state index in [-0.39, 0.29) is 17.7 Å². The zero-order valence-electron chi connectivity index (χ0n) is 11.7. The molecular formula is C15H17N3O3. The Hall–Kier alpha value is -2.21. The van der Waals surface area contributed by atoms with Crippen molar-refractivity contribution in [3.05, 3.63) is 30.1 Å². The van der Waals surface area contributed by atoms with Gasteiger partial charge in [-0.15, -0.1) is 0 Å². The summed E-state index contributed by atoms with van der Waals surface area (Å²) in [6.07, 6.45) is 4.85. The van der Waals surface area contributed by atoms with Gasteiger partial charge in [0, 0.05) is 12.5 Å². The Balaban J connectivity index is 1.93. The minimum Gasteiger partial charge on any atom is -0.478 e. The smallest absolute Gasteiger partial charge is 0.335 e. The molecule has 6 nitrogen and oxygen atoms in total. The number of nitrogens with one attached hydrogen (secondary N) is 1. The predicted molar refractivity (Wildman–Crippen MR) is 78.6 cm³/mol. The van der Waals surface area contributed by atoms with Crippen LogP contribution in [-0.4, -0.2) is 40.3 Å². The second kappa shape index (κ2) is 5.65. The molecule has 0 saturated heterocycles. The van der Waals surface area contributed by atoms with Crippen molar-refractivity contribution in [3.63, 3.8) is 0 Å². The molecule has 2 atom stereocenters. The third kappa shape index (κ3) is 2.67. The number of carboxylic acid groups (broad SMARTS) is 1. The Morgan fingerprint density at radius 3 is 3.00 bits per heavy atom. The molecule has 1 heterocycles. The van der Waals surface area contributed by atoms with Crippen molar-refractivity contribution < 1.29 is 14.6 Å². The van der Waals surface area contributed by atoms with Gasteiger partial charge in [-0.1, -0.05) is 0 Å². The van der Waals surface area contributed by atoms with Crippen LogP contribution >= 0.6 is 0 Å². The van der Waals surface area contributed by atoms with Crippen molar-refractivity contribution in [2.45, 2.75) is 31.4 Å². The lowest BCUT2D eigenvalue weighted by atomic mass is 10.1. The van der Waals surface area contributed by atoms with Gasteiger partial charge in [0.25, 0.3) is 0 Å². The number of aromatic carboxylic acids is 1. The lowest BCUT2D eigenvalue weighted by molar-refractivity contribution is 0.0697. The van der Waals surface area contributed by atoms with Crippen molar-refractivity contribution in [2.24, 2.45) is 0 Å². The molecule has 0 amide bonds. The summed E-state index contributed by atoms with van der Waals surface area (Å²) in [4.78, 5) is 19.5. The zero-order chi connectivity index (χ0) is 14.8. The molecule has 1 aliphatic carbocycles. The Kier molecular flexibility index (Phi) is 3.70. The molecular weight excluding hydrogens is 270 g/mol. The van der Waals surface area contributed by atoms with E-state index in [1.807, 2.05) is 0 Å². The molecule has 110 valence electrons. The molecule has 2 aromatic rings. The summed E-state index contributed by atoms with van der Waals surface area (Å²) < 4.78 is 5.47. The largest absolute Gasteiger partial charge is 0.478 e. The molecule has 1 saturated carbocycles. The first kappa shape index (κ1) is 13.8. The van der Waals surface area contributed by atoms with Gasteiger partial charge in [0.15, 0.2) is 0 Å². The van der Waals surface area contributed by atoms with Gasteiger partial charge in [0.2, 0.25) is 0 Å². The van der Waals surface area contributed by atoms with E-state index in [2.05, 4.69) is 15.3 Å². The van der Waals surface area contributed by atoms with Gasteiger partial charge in [0.05, 0.1) is 23.2 Å². The Morgan fingerprint density at radius 1 is 1.38 bits per heavy atom. The summed E-state index contributed by atoms with van der Waals surface area (Å²) in [5.74, 6) is -0.230. The molecule has 0 aliphatic heterocycles. The Morgan fingerprint density at radius 2 is 2.24 bits per heavy atom. The van der Waals surface area contributed by atoms with Crippen LogP contribution < -0.4 is 5.32 Å². The summed E-state index contributed by atoms with van der Waals surface area (Å²) in [5, 5.41) is 13.3. The lowest BCUT2D eigenvalue weighted by Gasteiger charge is -2.20. The Labute approximate surface area is 122 Å². The maximum atomic E-state index is 11.0. The molecule has 1 aromatic carbocycles. The zero-order valence-corrected chi connectivity index (χ0v) is 11.7. The first-order valence-electron chi connectivity index (χ1n) is 6.96. The monoisotopic (exact) mass is 287 g/mol. The quantitative estimate of drug-likeness (QED) is 0.897. The molecule has 1 aliphatic rings. The van der Waals surface area contributed by atoms with Crippen LogP contribution in [0.2, 0.25) is 0 Å². The summed E-state index contributed by atoms with van der Waals surface area (Å²) in [6, 6.07) is 5.11. The lowest BCUT2D eigenvalue weighted by Crippen LogP contribution is -2.30. The van der Waals surface area contributed by atoms with Crippen LogP contribution in [0, 0.1) is 0 Å². The number of methoxy groups -OCH3 is 1. The van der Waals surface area contributed by atoms with Gasteiger partial charge in [-0.25, -0.2) is 14.8 Å². The molecule has 2 unspecified atom stereocenters. The number of hydrogen-bond acceptors (Lipinski definition) is 5. The number of fused-ring (bicyclic) bond motifs is 1. The average Bonchev–Trinajstić information content (AvgIpc) is 2.94. The maximum absolute atomic E-state index is 11.0. The van der Waals surface area contributed by atoms with E-state index in [1.54, 1.807) is 25.3 Å². The van der Waals surface area contributed by atoms with E-state index in [4.69, 9.17) is 9.84 Å². The molecule has 2 N–H and O–H groups in total. The summed E-state index contributed by atoms with van der Waals surface area (Å²) in [7, 11) is 1.72. The average molecular weight is 287 g/mol. The fourth-order valence-corrected chi connectivity index (χ4v) is 2.85. The molecule has 0 radical (unpaired) electrons. The molecule has 3 rings (SSSR count). The summed E-state index contributed by atoms with van der Waals surface area (Å²) >= 11 is 0. The minimum atomic E-state index is -0.958. The maximum Gasteiger partial charge on any atom is 0.335 e. The van der Waals surface area contributed by atoms with Crippen LogP contribution in [0.15, 0.2) is 24.5 Å². The highest BCUT2D eigenvalue weighted by Gasteiger charge is 2.27. The van der Waals surface area contributed by atoms with E-state index in [0.29, 0.717) is 5.52 Å². The summed E-state index contributed by atoms with van der Waals surface area (Å²) in [5.41, 5.74) is 0.849. The van der Waals surface area contributed by atoms with Gasteiger partial charge in [-0.3, -0.25) is 0 Å². The van der Waals surface area contributed by atoms with Crippen molar-refractivity contribution in [2.75, 3.05) is 12.4 Å². The van der Waals surface area contributed by atoms with E-state index < -0.39 is 5.97 Å². The number of benzene rings is 1. The van der Waals surface area contributed by atoms with Crippen LogP contribution in [-0.2, 0) is 4.74 Å². The van der Waals surface area contributed by atoms with Gasteiger partial charge >= 0.3 is 5.97 Å². The third-order valence-electron chi connectivity index (χ3n) is 3.96. The molecule has 1 fully saturated rings. The van der Waals surface area contributed by atoms with E-state index in [9.17, 15) is 4.79 Å². The number of aromatic nitrogens is 2. The number of hydrogen-bond donors (Lipinski definition) is 2. The first-order chi connectivity index (χ1) is 10.2. The van der Waals surface area contributed by atoms with E-state index in [0.717, 1.165) is 30.5 Å². The molecule has 21 heavy (non-hydrogen) atoms. The number of carbonyl (C=O) groups is 1. The number of anilines is 1. The van der Waals surface area contributed by atoms with E-state index >= 15 is 0 Å². The first-order valence-corrected chi connectivity index (χ1v) is 6.96. The SMILES string of the molecule is COC1CCCC1Nc1ncnc2cc(C(=O)O)ccc12. The van der Waals surface area contributed by atoms with Crippen LogP contribution in [0.25, 0.3) is 10.9 Å². The van der Waals surface area contributed by atoms with E-state index in [1.165, 1.54) is 6.33 Å². The third-order valence-corrected chi connectivity index (χ3v) is 3.96. The fraction of sp³-hybridized carbons (Fsp3) is 0.400. The van der Waals surface area contributed by atoms with Crippen molar-refractivity contribution in [1.82, 2.24) is 9.97 Å². The highest BCUT2D eigenvalue weighted by atomic mass is 16.5. The van der Waals surface area contributed by atoms with Crippen LogP contribution in [0.5, 0.6) is 0 Å². The number of nitrogens with zero attached hydrogens (tertiary/aromatic N) is 2. The normalized spacial score (nSPS) is 21.6. The van der Waals surface area contributed by atoms with Crippen LogP contribution in [0.4, 0.5) is 5.82 Å². The van der Waals surface area contributed by atoms with Gasteiger partial charge in [-0.05, 0) is 37.5 Å². The standard InChI is InChI=1S/C15H17N3O3/c1-21-13-4-2-3-11(13)18-14-10-6-5-9(15(19)20)7-12(10)16-8-17-14/h5-8,11,13H,2-4H2,1H3,(H,19,20)(H,16,17,18). The van der Waals surface area contributed by atoms with Crippen LogP contribution in [0.3, 0.4) is 0 Å². The number of rotatable bonds is 4. The fourth-order valence-electron chi connectivity index (χ4n) is 2.85. The van der Waals surface area contributed by atoms with Gasteiger partial charge < -0.3 is 15.2 Å². The topological polar surface area (TPSA) is 84.3 Å². The number of carboxylic acids is 1. The minimum absolute atomic E-state index is 0.188. The molecule has 1 aromatic heterocycles. The van der Waals surface area contributed by atoms with Crippen molar-refractivity contribution in [3.8, 4) is 0 Å². The second-order valence-corrected chi connectivity index (χ2v) is 5.22. The second-order valence-electron chi connectivity index (χ2n) is 5.22. The highest BCUT2D eigenvalue weighted by molar-refractivity contribution is 5.96. The van der Waals surface area contributed by atoms with Crippen LogP contribution in [0.1, 0.15) is 29.6 Å². The molecule has 6 heteroatoms.